The third kappa shape index (κ3) is 6.44. The Balaban J connectivity index is 1.22. The van der Waals surface area contributed by atoms with E-state index in [0.717, 1.165) is 45.5 Å². The van der Waals surface area contributed by atoms with Crippen LogP contribution >= 0.6 is 0 Å². The van der Waals surface area contributed by atoms with E-state index in [1.54, 1.807) is 0 Å². The van der Waals surface area contributed by atoms with Gasteiger partial charge in [-0.1, -0.05) is 194 Å². The molecule has 2 aliphatic rings. The van der Waals surface area contributed by atoms with Crippen molar-refractivity contribution in [2.45, 2.75) is 0 Å². The van der Waals surface area contributed by atoms with Gasteiger partial charge in [0.1, 0.15) is 0 Å². The molecule has 10 aromatic rings. The standard InChI is InChI=1S/C60H44N4Si/c1-5-21-45(22-6-1)49-29-17-33-53(41-49)61-57-37-13-14-38-58(57)62(54-34-18-30-50(42-54)46-23-7-2-8-24-46)65(61)63(55-35-19-31-51(43-55)47-25-9-3-10-26-47)59-39-15-16-40-60(59)64(65)56-36-20-32-52(44-56)48-27-11-4-12-28-48/h1-44H. The molecule has 0 aromatic heterocycles. The Bertz CT molecular complexity index is 2860. The molecule has 308 valence electrons. The van der Waals surface area contributed by atoms with Gasteiger partial charge in [0, 0.05) is 22.7 Å². The predicted molar refractivity (Wildman–Crippen MR) is 275 cm³/mol. The summed E-state index contributed by atoms with van der Waals surface area (Å²) in [5, 5.41) is 0. The van der Waals surface area contributed by atoms with Crippen LogP contribution in [0, 0.1) is 0 Å². The zero-order valence-electron chi connectivity index (χ0n) is 35.7. The molecule has 12 rings (SSSR count). The first-order valence-corrected chi connectivity index (χ1v) is 24.1. The van der Waals surface area contributed by atoms with Crippen molar-refractivity contribution in [1.82, 2.24) is 0 Å². The molecule has 5 heteroatoms. The van der Waals surface area contributed by atoms with E-state index in [4.69, 9.17) is 0 Å². The fourth-order valence-corrected chi connectivity index (χ4v) is 15.2. The Hall–Kier alpha value is -8.38. The molecule has 0 N–H and O–H groups in total. The van der Waals surface area contributed by atoms with Gasteiger partial charge >= 0.3 is 8.72 Å². The Labute approximate surface area is 382 Å². The van der Waals surface area contributed by atoms with E-state index in [1.807, 2.05) is 0 Å². The zero-order chi connectivity index (χ0) is 43.2. The van der Waals surface area contributed by atoms with Crippen LogP contribution in [0.1, 0.15) is 0 Å². The summed E-state index contributed by atoms with van der Waals surface area (Å²) in [5.41, 5.74) is 18.5. The molecule has 0 saturated heterocycles. The van der Waals surface area contributed by atoms with Crippen LogP contribution in [-0.2, 0) is 0 Å². The fourth-order valence-electron chi connectivity index (χ4n) is 10.0. The van der Waals surface area contributed by atoms with Crippen LogP contribution in [0.5, 0.6) is 0 Å². The summed E-state index contributed by atoms with van der Waals surface area (Å²) in [7, 11) is -3.72. The number of hydrogen-bond donors (Lipinski definition) is 0. The number of para-hydroxylation sites is 4. The molecule has 4 nitrogen and oxygen atoms in total. The molecular weight excluding hydrogens is 805 g/mol. The van der Waals surface area contributed by atoms with Gasteiger partial charge in [-0.15, -0.1) is 0 Å². The summed E-state index contributed by atoms with van der Waals surface area (Å²) in [4.78, 5) is 0. The van der Waals surface area contributed by atoms with Gasteiger partial charge in [-0.3, -0.25) is 0 Å². The van der Waals surface area contributed by atoms with E-state index in [9.17, 15) is 0 Å². The molecule has 2 aliphatic heterocycles. The predicted octanol–water partition coefficient (Wildman–Crippen LogP) is 16.1. The molecule has 0 unspecified atom stereocenters. The van der Waals surface area contributed by atoms with E-state index in [2.05, 4.69) is 285 Å². The Kier molecular flexibility index (Phi) is 9.47. The molecule has 2 heterocycles. The lowest BCUT2D eigenvalue weighted by molar-refractivity contribution is 1.18. The van der Waals surface area contributed by atoms with Gasteiger partial charge in [0.25, 0.3) is 0 Å². The maximum Gasteiger partial charge on any atom is 0.521 e. The van der Waals surface area contributed by atoms with Crippen LogP contribution in [0.2, 0.25) is 0 Å². The lowest BCUT2D eigenvalue weighted by atomic mass is 10.0. The molecule has 0 radical (unpaired) electrons. The van der Waals surface area contributed by atoms with Crippen molar-refractivity contribution in [3.8, 4) is 44.5 Å². The first-order valence-electron chi connectivity index (χ1n) is 22.3. The maximum atomic E-state index is 2.72. The van der Waals surface area contributed by atoms with Gasteiger partial charge in [0.05, 0.1) is 22.7 Å². The topological polar surface area (TPSA) is 13.0 Å². The summed E-state index contributed by atoms with van der Waals surface area (Å²) in [6.07, 6.45) is 0. The van der Waals surface area contributed by atoms with Crippen LogP contribution in [0.3, 0.4) is 0 Å². The van der Waals surface area contributed by atoms with Crippen LogP contribution in [0.15, 0.2) is 267 Å². The molecule has 0 fully saturated rings. The van der Waals surface area contributed by atoms with E-state index in [0.29, 0.717) is 0 Å². The Morgan fingerprint density at radius 1 is 0.185 bits per heavy atom. The van der Waals surface area contributed by atoms with Crippen molar-refractivity contribution in [3.63, 3.8) is 0 Å². The lowest BCUT2D eigenvalue weighted by Crippen LogP contribution is -2.76. The molecule has 0 amide bonds. The normalized spacial score (nSPS) is 13.5. The monoisotopic (exact) mass is 848 g/mol. The van der Waals surface area contributed by atoms with Crippen LogP contribution in [0.25, 0.3) is 44.5 Å². The molecule has 10 aromatic carbocycles. The fraction of sp³-hybridized carbons (Fsp3) is 0. The van der Waals surface area contributed by atoms with Crippen molar-refractivity contribution in [2.24, 2.45) is 0 Å². The lowest BCUT2D eigenvalue weighted by Gasteiger charge is -2.49. The molecule has 0 atom stereocenters. The summed E-state index contributed by atoms with van der Waals surface area (Å²) < 4.78 is 10.9. The minimum atomic E-state index is -3.72. The molecule has 0 aliphatic carbocycles. The van der Waals surface area contributed by atoms with Gasteiger partial charge in [0.2, 0.25) is 0 Å². The first kappa shape index (κ1) is 38.3. The van der Waals surface area contributed by atoms with E-state index < -0.39 is 8.72 Å². The van der Waals surface area contributed by atoms with E-state index >= 15 is 0 Å². The minimum Gasteiger partial charge on any atom is -0.314 e. The average Bonchev–Trinajstić information content (AvgIpc) is 3.86. The summed E-state index contributed by atoms with van der Waals surface area (Å²) in [6, 6.07) is 97.8. The quantitative estimate of drug-likeness (QED) is 0.141. The van der Waals surface area contributed by atoms with Crippen molar-refractivity contribution in [3.05, 3.63) is 267 Å². The van der Waals surface area contributed by atoms with Gasteiger partial charge in [-0.2, -0.15) is 0 Å². The number of nitrogens with zero attached hydrogens (tertiary/aromatic N) is 4. The first-order chi connectivity index (χ1) is 32.3. The largest absolute Gasteiger partial charge is 0.521 e. The molecule has 0 bridgehead atoms. The third-order valence-corrected chi connectivity index (χ3v) is 17.2. The highest BCUT2D eigenvalue weighted by Crippen LogP contribution is 2.62. The average molecular weight is 849 g/mol. The van der Waals surface area contributed by atoms with Crippen LogP contribution < -0.4 is 18.3 Å². The van der Waals surface area contributed by atoms with E-state index in [-0.39, 0.29) is 0 Å². The van der Waals surface area contributed by atoms with Gasteiger partial charge in [-0.25, -0.2) is 0 Å². The molecule has 65 heavy (non-hydrogen) atoms. The van der Waals surface area contributed by atoms with Crippen LogP contribution in [0.4, 0.5) is 45.5 Å². The zero-order valence-corrected chi connectivity index (χ0v) is 36.7. The summed E-state index contributed by atoms with van der Waals surface area (Å²) in [6.45, 7) is 0. The molecule has 1 spiro atoms. The van der Waals surface area contributed by atoms with Crippen molar-refractivity contribution < 1.29 is 0 Å². The van der Waals surface area contributed by atoms with Gasteiger partial charge in [-0.05, 0) is 117 Å². The molecular formula is C60H44N4Si. The second-order valence-corrected chi connectivity index (χ2v) is 19.6. The third-order valence-electron chi connectivity index (χ3n) is 12.8. The van der Waals surface area contributed by atoms with E-state index in [1.165, 1.54) is 44.5 Å². The number of rotatable bonds is 8. The number of anilines is 8. The van der Waals surface area contributed by atoms with Crippen molar-refractivity contribution in [2.75, 3.05) is 18.3 Å². The van der Waals surface area contributed by atoms with Gasteiger partial charge < -0.3 is 18.3 Å². The van der Waals surface area contributed by atoms with Crippen LogP contribution in [-0.4, -0.2) is 8.72 Å². The highest BCUT2D eigenvalue weighted by atomic mass is 28.4. The summed E-state index contributed by atoms with van der Waals surface area (Å²) >= 11 is 0. The SMILES string of the molecule is c1ccc(-c2cccc(N3c4ccccc4N(c4cccc(-c5ccccc5)c4)[Si]34N(c3cccc(-c5ccccc5)c3)c3ccccc3N4c3cccc(-c4ccccc4)c3)c2)cc1. The highest BCUT2D eigenvalue weighted by Gasteiger charge is 2.69. The second kappa shape index (κ2) is 16.1. The number of fused-ring (bicyclic) bond motifs is 2. The summed E-state index contributed by atoms with van der Waals surface area (Å²) in [5.74, 6) is 0. The second-order valence-electron chi connectivity index (χ2n) is 16.6. The Morgan fingerprint density at radius 3 is 0.615 bits per heavy atom. The maximum absolute atomic E-state index is 3.72. The number of hydrogen-bond acceptors (Lipinski definition) is 4. The van der Waals surface area contributed by atoms with Gasteiger partial charge in [0.15, 0.2) is 0 Å². The highest BCUT2D eigenvalue weighted by molar-refractivity contribution is 6.99. The Morgan fingerprint density at radius 2 is 0.385 bits per heavy atom. The minimum absolute atomic E-state index is 1.12. The smallest absolute Gasteiger partial charge is 0.314 e. The number of benzene rings is 10. The van der Waals surface area contributed by atoms with Crippen molar-refractivity contribution >= 4 is 54.2 Å². The molecule has 0 saturated carbocycles. The van der Waals surface area contributed by atoms with Crippen molar-refractivity contribution in [1.29, 1.82) is 0 Å².